The molecule has 3 rings (SSSR count). The Morgan fingerprint density at radius 3 is 2.84 bits per heavy atom. The number of fused-ring (bicyclic) bond motifs is 1. The molecule has 2 aromatic heterocycles. The Hall–Kier alpha value is -2.58. The second-order valence-corrected chi connectivity index (χ2v) is 6.19. The number of carboxylic acids is 1. The first-order valence-corrected chi connectivity index (χ1v) is 8.00. The smallest absolute Gasteiger partial charge is 0.328 e. The van der Waals surface area contributed by atoms with Crippen LogP contribution < -0.4 is 10.9 Å². The fourth-order valence-electron chi connectivity index (χ4n) is 2.17. The van der Waals surface area contributed by atoms with Crippen molar-refractivity contribution in [3.05, 3.63) is 50.4 Å². The Kier molecular flexibility index (Phi) is 4.65. The van der Waals surface area contributed by atoms with Crippen LogP contribution in [0.4, 0.5) is 5.95 Å². The molecule has 130 valence electrons. The zero-order chi connectivity index (χ0) is 18.1. The van der Waals surface area contributed by atoms with Gasteiger partial charge in [0.05, 0.1) is 16.2 Å². The third-order valence-corrected chi connectivity index (χ3v) is 4.33. The van der Waals surface area contributed by atoms with E-state index in [2.05, 4.69) is 20.4 Å². The molecule has 0 aliphatic heterocycles. The summed E-state index contributed by atoms with van der Waals surface area (Å²) in [6, 6.07) is 4.28. The van der Waals surface area contributed by atoms with Crippen LogP contribution in [0.2, 0.25) is 10.0 Å². The fraction of sp³-hybridized carbons (Fsp3) is 0.200. The number of anilines is 1. The van der Waals surface area contributed by atoms with Crippen LogP contribution in [0, 0.1) is 0 Å². The second-order valence-electron chi connectivity index (χ2n) is 5.37. The summed E-state index contributed by atoms with van der Waals surface area (Å²) in [5.74, 6) is -0.812. The molecule has 25 heavy (non-hydrogen) atoms. The molecule has 8 nitrogen and oxygen atoms in total. The zero-order valence-corrected chi connectivity index (χ0v) is 14.5. The highest BCUT2D eigenvalue weighted by Gasteiger charge is 2.17. The van der Waals surface area contributed by atoms with Crippen molar-refractivity contribution in [2.75, 3.05) is 5.32 Å². The topological polar surface area (TPSA) is 113 Å². The Morgan fingerprint density at radius 2 is 2.16 bits per heavy atom. The van der Waals surface area contributed by atoms with Crippen LogP contribution in [0.15, 0.2) is 29.2 Å². The largest absolute Gasteiger partial charge is 0.480 e. The number of aromatic amines is 1. The van der Waals surface area contributed by atoms with Crippen LogP contribution >= 0.6 is 23.2 Å². The number of nitrogens with one attached hydrogen (secondary N) is 2. The van der Waals surface area contributed by atoms with Crippen LogP contribution in [0.1, 0.15) is 18.5 Å². The van der Waals surface area contributed by atoms with Gasteiger partial charge in [-0.25, -0.2) is 9.78 Å². The molecule has 0 aliphatic carbocycles. The Morgan fingerprint density at radius 1 is 1.40 bits per heavy atom. The van der Waals surface area contributed by atoms with E-state index in [0.29, 0.717) is 22.1 Å². The molecule has 0 fully saturated rings. The second kappa shape index (κ2) is 6.73. The van der Waals surface area contributed by atoms with Gasteiger partial charge in [-0.2, -0.15) is 5.10 Å². The molecule has 10 heteroatoms. The maximum atomic E-state index is 12.1. The number of carbonyl (C=O) groups is 1. The number of hydrogen-bond donors (Lipinski definition) is 3. The van der Waals surface area contributed by atoms with Gasteiger partial charge in [-0.1, -0.05) is 29.3 Å². The predicted octanol–water partition coefficient (Wildman–Crippen LogP) is 2.68. The van der Waals surface area contributed by atoms with Crippen molar-refractivity contribution < 1.29 is 9.90 Å². The van der Waals surface area contributed by atoms with Crippen molar-refractivity contribution in [2.24, 2.45) is 0 Å². The number of rotatable bonds is 5. The van der Waals surface area contributed by atoms with Gasteiger partial charge in [0.2, 0.25) is 5.95 Å². The van der Waals surface area contributed by atoms with Gasteiger partial charge in [0.25, 0.3) is 5.56 Å². The van der Waals surface area contributed by atoms with Gasteiger partial charge in [-0.3, -0.25) is 14.5 Å². The molecule has 3 aromatic rings. The highest BCUT2D eigenvalue weighted by atomic mass is 35.5. The number of aliphatic carboxylic acids is 1. The molecule has 0 saturated heterocycles. The van der Waals surface area contributed by atoms with Gasteiger partial charge in [0.15, 0.2) is 5.52 Å². The lowest BCUT2D eigenvalue weighted by molar-refractivity contribution is -0.140. The minimum absolute atomic E-state index is 0.0770. The number of aromatic nitrogens is 4. The van der Waals surface area contributed by atoms with E-state index in [0.717, 1.165) is 5.56 Å². The minimum atomic E-state index is -1.05. The van der Waals surface area contributed by atoms with Crippen LogP contribution in [0.25, 0.3) is 11.0 Å². The lowest BCUT2D eigenvalue weighted by atomic mass is 10.2. The van der Waals surface area contributed by atoms with Crippen molar-refractivity contribution in [1.29, 1.82) is 0 Å². The molecule has 1 unspecified atom stereocenters. The average Bonchev–Trinajstić information content (AvgIpc) is 2.99. The van der Waals surface area contributed by atoms with E-state index in [4.69, 9.17) is 28.3 Å². The number of H-pyrrole nitrogens is 1. The summed E-state index contributed by atoms with van der Waals surface area (Å²) in [5, 5.41) is 16.9. The number of carboxylic acid groups (broad SMARTS) is 1. The van der Waals surface area contributed by atoms with Gasteiger partial charge in [-0.15, -0.1) is 0 Å². The first-order valence-electron chi connectivity index (χ1n) is 7.25. The summed E-state index contributed by atoms with van der Waals surface area (Å²) in [7, 11) is 0. The van der Waals surface area contributed by atoms with E-state index in [1.54, 1.807) is 18.2 Å². The molecule has 0 radical (unpaired) electrons. The highest BCUT2D eigenvalue weighted by molar-refractivity contribution is 6.42. The third kappa shape index (κ3) is 3.59. The predicted molar refractivity (Wildman–Crippen MR) is 94.3 cm³/mol. The Labute approximate surface area is 151 Å². The molecule has 3 N–H and O–H groups in total. The van der Waals surface area contributed by atoms with Crippen molar-refractivity contribution in [2.45, 2.75) is 19.5 Å². The van der Waals surface area contributed by atoms with Gasteiger partial charge in [0, 0.05) is 6.54 Å². The summed E-state index contributed by atoms with van der Waals surface area (Å²) in [6.07, 6.45) is 1.42. The molecule has 0 spiro atoms. The first kappa shape index (κ1) is 17.2. The lowest BCUT2D eigenvalue weighted by Gasteiger charge is -2.06. The number of nitrogens with zero attached hydrogens (tertiary/aromatic N) is 3. The summed E-state index contributed by atoms with van der Waals surface area (Å²) < 4.78 is 1.19. The lowest BCUT2D eigenvalue weighted by Crippen LogP contribution is -2.16. The summed E-state index contributed by atoms with van der Waals surface area (Å²) in [5.41, 5.74) is 0.770. The van der Waals surface area contributed by atoms with E-state index >= 15 is 0 Å². The van der Waals surface area contributed by atoms with Crippen LogP contribution in [-0.2, 0) is 11.3 Å². The van der Waals surface area contributed by atoms with E-state index in [-0.39, 0.29) is 11.5 Å². The normalized spacial score (nSPS) is 12.3. The standard InChI is InChI=1S/C15H13Cl2N5O3/c1-7(14(24)25)22-6-11-12(21-22)13(23)20-15(19-11)18-5-8-2-3-9(16)10(17)4-8/h2-4,6-7H,5H2,1H3,(H,24,25)(H2,18,19,20,23). The molecular weight excluding hydrogens is 369 g/mol. The van der Waals surface area contributed by atoms with Crippen molar-refractivity contribution >= 4 is 46.2 Å². The molecule has 0 saturated carbocycles. The summed E-state index contributed by atoms with van der Waals surface area (Å²) >= 11 is 11.8. The molecule has 0 amide bonds. The SMILES string of the molecule is CC(C(=O)O)n1cc2nc(NCc3ccc(Cl)c(Cl)c3)[nH]c(=O)c2n1. The molecule has 0 bridgehead atoms. The van der Waals surface area contributed by atoms with Crippen molar-refractivity contribution in [1.82, 2.24) is 19.7 Å². The molecule has 2 heterocycles. The van der Waals surface area contributed by atoms with Gasteiger partial charge in [-0.05, 0) is 24.6 Å². The zero-order valence-electron chi connectivity index (χ0n) is 13.0. The van der Waals surface area contributed by atoms with Crippen LogP contribution in [-0.4, -0.2) is 30.8 Å². The third-order valence-electron chi connectivity index (χ3n) is 3.59. The van der Waals surface area contributed by atoms with Crippen molar-refractivity contribution in [3.8, 4) is 0 Å². The Balaban J connectivity index is 1.86. The van der Waals surface area contributed by atoms with E-state index < -0.39 is 17.6 Å². The molecule has 1 aromatic carbocycles. The maximum Gasteiger partial charge on any atom is 0.328 e. The molecule has 0 aliphatic rings. The van der Waals surface area contributed by atoms with Crippen LogP contribution in [0.5, 0.6) is 0 Å². The summed E-state index contributed by atoms with van der Waals surface area (Å²) in [6.45, 7) is 1.83. The monoisotopic (exact) mass is 381 g/mol. The van der Waals surface area contributed by atoms with Gasteiger partial charge >= 0.3 is 5.97 Å². The van der Waals surface area contributed by atoms with E-state index in [1.807, 2.05) is 0 Å². The number of halogens is 2. The maximum absolute atomic E-state index is 12.1. The first-order chi connectivity index (χ1) is 11.8. The van der Waals surface area contributed by atoms with E-state index in [9.17, 15) is 9.59 Å². The van der Waals surface area contributed by atoms with Crippen LogP contribution in [0.3, 0.4) is 0 Å². The van der Waals surface area contributed by atoms with Crippen molar-refractivity contribution in [3.63, 3.8) is 0 Å². The minimum Gasteiger partial charge on any atom is -0.480 e. The average molecular weight is 382 g/mol. The quantitative estimate of drug-likeness (QED) is 0.625. The van der Waals surface area contributed by atoms with Gasteiger partial charge in [0.1, 0.15) is 11.6 Å². The number of hydrogen-bond acceptors (Lipinski definition) is 5. The molecular formula is C15H13Cl2N5O3. The summed E-state index contributed by atoms with van der Waals surface area (Å²) in [4.78, 5) is 30.0. The van der Waals surface area contributed by atoms with Gasteiger partial charge < -0.3 is 10.4 Å². The molecule has 1 atom stereocenters. The Bertz CT molecular complexity index is 1010. The highest BCUT2D eigenvalue weighted by Crippen LogP contribution is 2.22. The fourth-order valence-corrected chi connectivity index (χ4v) is 2.49. The number of benzene rings is 1. The van der Waals surface area contributed by atoms with E-state index in [1.165, 1.54) is 17.8 Å².